The van der Waals surface area contributed by atoms with Gasteiger partial charge in [-0.1, -0.05) is 11.6 Å². The zero-order chi connectivity index (χ0) is 17.8. The number of carbonyl (C=O) groups is 1. The third-order valence-electron chi connectivity index (χ3n) is 4.38. The first kappa shape index (κ1) is 17.4. The molecule has 130 valence electrons. The Morgan fingerprint density at radius 3 is 2.68 bits per heavy atom. The van der Waals surface area contributed by atoms with Crippen LogP contribution in [0.4, 0.5) is 8.78 Å². The second-order valence-electron chi connectivity index (χ2n) is 6.38. The summed E-state index contributed by atoms with van der Waals surface area (Å²) in [5.41, 5.74) is 2.63. The van der Waals surface area contributed by atoms with Crippen LogP contribution in [0.15, 0.2) is 42.0 Å². The van der Waals surface area contributed by atoms with Gasteiger partial charge >= 0.3 is 0 Å². The lowest BCUT2D eigenvalue weighted by atomic mass is 10.0. The maximum Gasteiger partial charge on any atom is 0.171 e. The quantitative estimate of drug-likeness (QED) is 0.790. The molecule has 2 heterocycles. The van der Waals surface area contributed by atoms with Crippen molar-refractivity contribution < 1.29 is 13.6 Å². The predicted octanol–water partition coefficient (Wildman–Crippen LogP) is 3.89. The van der Waals surface area contributed by atoms with Gasteiger partial charge in [0.05, 0.1) is 17.7 Å². The van der Waals surface area contributed by atoms with Crippen molar-refractivity contribution in [2.75, 3.05) is 20.1 Å². The fourth-order valence-electron chi connectivity index (χ4n) is 2.91. The summed E-state index contributed by atoms with van der Waals surface area (Å²) in [6.07, 6.45) is 4.09. The molecular weight excluding hydrogens is 322 g/mol. The Hall–Kier alpha value is -2.40. The number of hydrogen-bond donors (Lipinski definition) is 0. The molecule has 0 bridgehead atoms. The first-order valence-corrected chi connectivity index (χ1v) is 8.33. The summed E-state index contributed by atoms with van der Waals surface area (Å²) in [6, 6.07) is 8.48. The lowest BCUT2D eigenvalue weighted by Gasteiger charge is -2.23. The van der Waals surface area contributed by atoms with Crippen molar-refractivity contribution in [1.29, 1.82) is 0 Å². The first-order valence-electron chi connectivity index (χ1n) is 8.33. The molecule has 0 unspecified atom stereocenters. The molecule has 1 fully saturated rings. The molecule has 0 amide bonds. The minimum absolute atomic E-state index is 0.0116. The molecule has 5 heteroatoms. The van der Waals surface area contributed by atoms with Gasteiger partial charge in [-0.3, -0.25) is 9.78 Å². The minimum atomic E-state index is -0.838. The number of Topliss-reactive ketones (excluding diaryl/α,β-unsaturated/α-hetero) is 1. The SMILES string of the molecule is CN1CCC(=Cc2cccc(CC(=O)c3ccc(F)cc3F)n2)CC1. The normalized spacial score (nSPS) is 15.2. The molecule has 0 aliphatic carbocycles. The topological polar surface area (TPSA) is 33.2 Å². The van der Waals surface area contributed by atoms with Crippen molar-refractivity contribution in [2.24, 2.45) is 0 Å². The molecule has 0 spiro atoms. The molecule has 1 aromatic heterocycles. The van der Waals surface area contributed by atoms with Gasteiger partial charge in [-0.2, -0.15) is 0 Å². The van der Waals surface area contributed by atoms with Crippen LogP contribution < -0.4 is 0 Å². The van der Waals surface area contributed by atoms with Crippen molar-refractivity contribution in [3.8, 4) is 0 Å². The van der Waals surface area contributed by atoms with Gasteiger partial charge in [-0.15, -0.1) is 0 Å². The number of aromatic nitrogens is 1. The fourth-order valence-corrected chi connectivity index (χ4v) is 2.91. The molecule has 1 aromatic carbocycles. The number of likely N-dealkylation sites (tertiary alicyclic amines) is 1. The van der Waals surface area contributed by atoms with Crippen LogP contribution in [0.25, 0.3) is 6.08 Å². The number of ketones is 1. The molecule has 0 N–H and O–H groups in total. The zero-order valence-electron chi connectivity index (χ0n) is 14.1. The Balaban J connectivity index is 1.73. The van der Waals surface area contributed by atoms with Crippen LogP contribution in [0.3, 0.4) is 0 Å². The molecular formula is C20H20F2N2O. The van der Waals surface area contributed by atoms with E-state index in [-0.39, 0.29) is 12.0 Å². The minimum Gasteiger partial charge on any atom is -0.306 e. The van der Waals surface area contributed by atoms with Crippen molar-refractivity contribution in [3.63, 3.8) is 0 Å². The van der Waals surface area contributed by atoms with E-state index in [0.717, 1.165) is 43.8 Å². The Labute approximate surface area is 146 Å². The summed E-state index contributed by atoms with van der Waals surface area (Å²) in [6.45, 7) is 2.07. The number of pyridine rings is 1. The van der Waals surface area contributed by atoms with Crippen LogP contribution in [-0.2, 0) is 6.42 Å². The van der Waals surface area contributed by atoms with Gasteiger partial charge in [0, 0.05) is 24.8 Å². The third-order valence-corrected chi connectivity index (χ3v) is 4.38. The molecule has 3 rings (SSSR count). The number of halogens is 2. The average Bonchev–Trinajstić information content (AvgIpc) is 2.57. The number of piperidine rings is 1. The maximum atomic E-state index is 13.7. The van der Waals surface area contributed by atoms with Crippen LogP contribution >= 0.6 is 0 Å². The number of carbonyl (C=O) groups excluding carboxylic acids is 1. The Bertz CT molecular complexity index is 807. The third kappa shape index (κ3) is 4.57. The first-order chi connectivity index (χ1) is 12.0. The van der Waals surface area contributed by atoms with Gasteiger partial charge in [0.15, 0.2) is 5.78 Å². The molecule has 3 nitrogen and oxygen atoms in total. The molecule has 0 radical (unpaired) electrons. The standard InChI is InChI=1S/C20H20F2N2O/c1-24-9-7-14(8-10-24)11-16-3-2-4-17(23-16)13-20(25)18-6-5-15(21)12-19(18)22/h2-6,11-12H,7-10,13H2,1H3. The van der Waals surface area contributed by atoms with Crippen LogP contribution in [0.2, 0.25) is 0 Å². The number of hydrogen-bond acceptors (Lipinski definition) is 3. The van der Waals surface area contributed by atoms with Gasteiger partial charge in [0.25, 0.3) is 0 Å². The van der Waals surface area contributed by atoms with Crippen LogP contribution in [0.5, 0.6) is 0 Å². The van der Waals surface area contributed by atoms with Gasteiger partial charge in [0.1, 0.15) is 11.6 Å². The summed E-state index contributed by atoms with van der Waals surface area (Å²) >= 11 is 0. The van der Waals surface area contributed by atoms with E-state index in [1.807, 2.05) is 12.1 Å². The van der Waals surface area contributed by atoms with Gasteiger partial charge in [-0.25, -0.2) is 8.78 Å². The molecule has 0 saturated carbocycles. The molecule has 0 atom stereocenters. The lowest BCUT2D eigenvalue weighted by molar-refractivity contribution is 0.0988. The molecule has 1 aliphatic heterocycles. The highest BCUT2D eigenvalue weighted by atomic mass is 19.1. The van der Waals surface area contributed by atoms with E-state index in [1.165, 1.54) is 11.6 Å². The summed E-state index contributed by atoms with van der Waals surface area (Å²) in [4.78, 5) is 19.0. The van der Waals surface area contributed by atoms with E-state index in [2.05, 4.69) is 23.0 Å². The van der Waals surface area contributed by atoms with Crippen LogP contribution in [0, 0.1) is 11.6 Å². The second kappa shape index (κ2) is 7.66. The van der Waals surface area contributed by atoms with E-state index in [4.69, 9.17) is 0 Å². The Morgan fingerprint density at radius 2 is 1.96 bits per heavy atom. The van der Waals surface area contributed by atoms with E-state index in [0.29, 0.717) is 5.69 Å². The fraction of sp³-hybridized carbons (Fsp3) is 0.300. The number of nitrogens with zero attached hydrogens (tertiary/aromatic N) is 2. The van der Waals surface area contributed by atoms with E-state index >= 15 is 0 Å². The summed E-state index contributed by atoms with van der Waals surface area (Å²) < 4.78 is 26.7. The Kier molecular flexibility index (Phi) is 5.34. The van der Waals surface area contributed by atoms with Crippen molar-refractivity contribution in [3.05, 3.63) is 70.6 Å². The Morgan fingerprint density at radius 1 is 1.20 bits per heavy atom. The van der Waals surface area contributed by atoms with Gasteiger partial charge in [0.2, 0.25) is 0 Å². The van der Waals surface area contributed by atoms with Gasteiger partial charge < -0.3 is 4.90 Å². The van der Waals surface area contributed by atoms with E-state index in [1.54, 1.807) is 6.07 Å². The summed E-state index contributed by atoms with van der Waals surface area (Å²) in [7, 11) is 2.11. The van der Waals surface area contributed by atoms with Crippen molar-refractivity contribution in [2.45, 2.75) is 19.3 Å². The smallest absolute Gasteiger partial charge is 0.171 e. The second-order valence-corrected chi connectivity index (χ2v) is 6.38. The summed E-state index contributed by atoms with van der Waals surface area (Å²) in [5.74, 6) is -1.94. The highest BCUT2D eigenvalue weighted by Gasteiger charge is 2.14. The zero-order valence-corrected chi connectivity index (χ0v) is 14.1. The summed E-state index contributed by atoms with van der Waals surface area (Å²) in [5, 5.41) is 0. The van der Waals surface area contributed by atoms with E-state index < -0.39 is 17.4 Å². The van der Waals surface area contributed by atoms with Crippen LogP contribution in [-0.4, -0.2) is 35.8 Å². The number of benzene rings is 1. The average molecular weight is 342 g/mol. The van der Waals surface area contributed by atoms with Crippen molar-refractivity contribution in [1.82, 2.24) is 9.88 Å². The molecule has 2 aromatic rings. The monoisotopic (exact) mass is 342 g/mol. The van der Waals surface area contributed by atoms with Gasteiger partial charge in [-0.05, 0) is 50.2 Å². The molecule has 25 heavy (non-hydrogen) atoms. The molecule has 1 aliphatic rings. The van der Waals surface area contributed by atoms with Crippen LogP contribution in [0.1, 0.15) is 34.6 Å². The number of rotatable bonds is 4. The largest absolute Gasteiger partial charge is 0.306 e. The highest BCUT2D eigenvalue weighted by molar-refractivity contribution is 5.97. The van der Waals surface area contributed by atoms with Crippen molar-refractivity contribution >= 4 is 11.9 Å². The maximum absolute atomic E-state index is 13.7. The molecule has 1 saturated heterocycles. The van der Waals surface area contributed by atoms with E-state index in [9.17, 15) is 13.6 Å². The predicted molar refractivity (Wildman–Crippen MR) is 93.3 cm³/mol. The lowest BCUT2D eigenvalue weighted by Crippen LogP contribution is -2.26. The highest BCUT2D eigenvalue weighted by Crippen LogP contribution is 2.18.